The SMILES string of the molecule is CC(C1=C(c2cccc(F)c2)C(C=O)c2ccccc2O1)n1ccc2c(Cl)ncnc21. The van der Waals surface area contributed by atoms with E-state index >= 15 is 0 Å². The van der Waals surface area contributed by atoms with E-state index in [1.165, 1.54) is 18.5 Å². The molecule has 1 aliphatic heterocycles. The Labute approximate surface area is 182 Å². The topological polar surface area (TPSA) is 57.0 Å². The fourth-order valence-electron chi connectivity index (χ4n) is 4.12. The molecule has 2 atom stereocenters. The minimum Gasteiger partial charge on any atom is -0.459 e. The van der Waals surface area contributed by atoms with E-state index in [2.05, 4.69) is 9.97 Å². The van der Waals surface area contributed by atoms with E-state index < -0.39 is 5.92 Å². The molecule has 5 nitrogen and oxygen atoms in total. The Morgan fingerprint density at radius 2 is 2.00 bits per heavy atom. The predicted molar refractivity (Wildman–Crippen MR) is 116 cm³/mol. The summed E-state index contributed by atoms with van der Waals surface area (Å²) in [6, 6.07) is 15.1. The molecule has 0 amide bonds. The number of carbonyl (C=O) groups is 1. The van der Waals surface area contributed by atoms with Crippen molar-refractivity contribution in [3.05, 3.63) is 95.0 Å². The Hall–Kier alpha value is -3.51. The monoisotopic (exact) mass is 433 g/mol. The fraction of sp³-hybridized carbons (Fsp3) is 0.125. The smallest absolute Gasteiger partial charge is 0.145 e. The van der Waals surface area contributed by atoms with Gasteiger partial charge < -0.3 is 14.1 Å². The van der Waals surface area contributed by atoms with Crippen molar-refractivity contribution in [2.24, 2.45) is 0 Å². The Bertz CT molecular complexity index is 1350. The number of nitrogens with zero attached hydrogens (tertiary/aromatic N) is 3. The van der Waals surface area contributed by atoms with Crippen LogP contribution in [0.25, 0.3) is 16.6 Å². The van der Waals surface area contributed by atoms with E-state index in [1.807, 2.05) is 48.0 Å². The molecule has 3 heterocycles. The maximum Gasteiger partial charge on any atom is 0.145 e. The summed E-state index contributed by atoms with van der Waals surface area (Å²) in [4.78, 5) is 20.7. The van der Waals surface area contributed by atoms with Crippen LogP contribution in [0.1, 0.15) is 30.0 Å². The summed E-state index contributed by atoms with van der Waals surface area (Å²) in [5.41, 5.74) is 2.61. The quantitative estimate of drug-likeness (QED) is 0.312. The number of ether oxygens (including phenoxy) is 1. The van der Waals surface area contributed by atoms with Gasteiger partial charge in [-0.1, -0.05) is 41.9 Å². The molecule has 0 N–H and O–H groups in total. The minimum absolute atomic E-state index is 0.349. The molecule has 0 aliphatic carbocycles. The third-order valence-electron chi connectivity index (χ3n) is 5.58. The zero-order chi connectivity index (χ0) is 21.5. The van der Waals surface area contributed by atoms with Crippen LogP contribution in [-0.4, -0.2) is 20.8 Å². The van der Waals surface area contributed by atoms with Crippen LogP contribution in [-0.2, 0) is 4.79 Å². The standard InChI is InChI=1S/C24H17ClFN3O2/c1-14(29-10-9-18-23(25)27-13-28-24(18)29)22-21(15-5-4-6-16(26)11-15)19(12-30)17-7-2-3-8-20(17)31-22/h2-14,19H,1H3. The number of hydrogen-bond acceptors (Lipinski definition) is 4. The molecule has 0 radical (unpaired) electrons. The van der Waals surface area contributed by atoms with Gasteiger partial charge in [0.1, 0.15) is 40.7 Å². The van der Waals surface area contributed by atoms with Gasteiger partial charge in [0.05, 0.1) is 17.3 Å². The van der Waals surface area contributed by atoms with Gasteiger partial charge in [0, 0.05) is 17.3 Å². The summed E-state index contributed by atoms with van der Waals surface area (Å²) >= 11 is 6.22. The van der Waals surface area contributed by atoms with E-state index in [4.69, 9.17) is 16.3 Å². The lowest BCUT2D eigenvalue weighted by atomic mass is 9.83. The first-order valence-corrected chi connectivity index (χ1v) is 10.2. The number of rotatable bonds is 4. The first kappa shape index (κ1) is 19.5. The van der Waals surface area contributed by atoms with Crippen molar-refractivity contribution in [2.75, 3.05) is 0 Å². The lowest BCUT2D eigenvalue weighted by Crippen LogP contribution is -2.22. The first-order valence-electron chi connectivity index (χ1n) is 9.77. The molecule has 1 aliphatic rings. The van der Waals surface area contributed by atoms with Crippen molar-refractivity contribution in [3.63, 3.8) is 0 Å². The van der Waals surface area contributed by atoms with Gasteiger partial charge in [-0.05, 0) is 36.8 Å². The van der Waals surface area contributed by atoms with Gasteiger partial charge in [-0.15, -0.1) is 0 Å². The highest BCUT2D eigenvalue weighted by molar-refractivity contribution is 6.33. The molecule has 0 spiro atoms. The van der Waals surface area contributed by atoms with E-state index in [0.29, 0.717) is 38.8 Å². The van der Waals surface area contributed by atoms with Crippen molar-refractivity contribution in [3.8, 4) is 5.75 Å². The van der Waals surface area contributed by atoms with Gasteiger partial charge in [-0.2, -0.15) is 0 Å². The lowest BCUT2D eigenvalue weighted by Gasteiger charge is -2.31. The number of fused-ring (bicyclic) bond motifs is 2. The van der Waals surface area contributed by atoms with Gasteiger partial charge >= 0.3 is 0 Å². The minimum atomic E-state index is -0.593. The van der Waals surface area contributed by atoms with Crippen LogP contribution in [0.5, 0.6) is 5.75 Å². The summed E-state index contributed by atoms with van der Waals surface area (Å²) in [5.74, 6) is 0.176. The van der Waals surface area contributed by atoms with E-state index in [1.54, 1.807) is 12.1 Å². The van der Waals surface area contributed by atoms with Crippen LogP contribution < -0.4 is 4.74 Å². The summed E-state index contributed by atoms with van der Waals surface area (Å²) in [6.07, 6.45) is 4.13. The Morgan fingerprint density at radius 3 is 2.81 bits per heavy atom. The predicted octanol–water partition coefficient (Wildman–Crippen LogP) is 5.57. The number of benzene rings is 2. The van der Waals surface area contributed by atoms with Gasteiger partial charge in [-0.3, -0.25) is 0 Å². The molecule has 0 saturated carbocycles. The Morgan fingerprint density at radius 1 is 1.16 bits per heavy atom. The number of halogens is 2. The summed E-state index contributed by atoms with van der Waals surface area (Å²) in [7, 11) is 0. The largest absolute Gasteiger partial charge is 0.459 e. The van der Waals surface area contributed by atoms with Crippen LogP contribution in [0.15, 0.2) is 72.9 Å². The highest BCUT2D eigenvalue weighted by Crippen LogP contribution is 2.46. The normalized spacial score (nSPS) is 16.7. The maximum atomic E-state index is 14.1. The van der Waals surface area contributed by atoms with Crippen molar-refractivity contribution in [1.29, 1.82) is 0 Å². The van der Waals surface area contributed by atoms with E-state index in [9.17, 15) is 9.18 Å². The molecule has 4 aromatic rings. The number of para-hydroxylation sites is 1. The number of hydrogen-bond donors (Lipinski definition) is 0. The molecular formula is C24H17ClFN3O2. The van der Waals surface area contributed by atoms with Crippen molar-refractivity contribution >= 4 is 34.5 Å². The molecule has 5 rings (SSSR count). The molecule has 0 bridgehead atoms. The van der Waals surface area contributed by atoms with Crippen molar-refractivity contribution < 1.29 is 13.9 Å². The highest BCUT2D eigenvalue weighted by atomic mass is 35.5. The maximum absolute atomic E-state index is 14.1. The molecular weight excluding hydrogens is 417 g/mol. The van der Waals surface area contributed by atoms with Gasteiger partial charge in [0.25, 0.3) is 0 Å². The van der Waals surface area contributed by atoms with Crippen LogP contribution in [0, 0.1) is 5.82 Å². The van der Waals surface area contributed by atoms with Crippen LogP contribution in [0.4, 0.5) is 4.39 Å². The molecule has 2 aromatic carbocycles. The second-order valence-electron chi connectivity index (χ2n) is 7.34. The van der Waals surface area contributed by atoms with Crippen molar-refractivity contribution in [2.45, 2.75) is 18.9 Å². The average molecular weight is 434 g/mol. The molecule has 7 heteroatoms. The molecule has 154 valence electrons. The molecule has 2 aromatic heterocycles. The third-order valence-corrected chi connectivity index (χ3v) is 5.88. The molecule has 31 heavy (non-hydrogen) atoms. The van der Waals surface area contributed by atoms with Crippen molar-refractivity contribution in [1.82, 2.24) is 14.5 Å². The second kappa shape index (κ2) is 7.63. The zero-order valence-corrected chi connectivity index (χ0v) is 17.3. The summed E-state index contributed by atoms with van der Waals surface area (Å²) in [6.45, 7) is 1.94. The first-order chi connectivity index (χ1) is 15.1. The summed E-state index contributed by atoms with van der Waals surface area (Å²) in [5, 5.41) is 1.07. The van der Waals surface area contributed by atoms with Crippen LogP contribution >= 0.6 is 11.6 Å². The fourth-order valence-corrected chi connectivity index (χ4v) is 4.31. The molecule has 0 fully saturated rings. The van der Waals surface area contributed by atoms with Gasteiger partial charge in [0.15, 0.2) is 0 Å². The third kappa shape index (κ3) is 3.20. The Kier molecular flexibility index (Phi) is 4.79. The molecule has 2 unspecified atom stereocenters. The Balaban J connectivity index is 1.75. The number of carbonyl (C=O) groups excluding carboxylic acids is 1. The zero-order valence-electron chi connectivity index (χ0n) is 16.5. The second-order valence-corrected chi connectivity index (χ2v) is 7.70. The van der Waals surface area contributed by atoms with E-state index in [-0.39, 0.29) is 11.9 Å². The van der Waals surface area contributed by atoms with Gasteiger partial charge in [-0.25, -0.2) is 14.4 Å². The number of aromatic nitrogens is 3. The van der Waals surface area contributed by atoms with E-state index in [0.717, 1.165) is 11.8 Å². The average Bonchev–Trinajstić information content (AvgIpc) is 3.22. The van der Waals surface area contributed by atoms with Crippen LogP contribution in [0.2, 0.25) is 5.15 Å². The van der Waals surface area contributed by atoms with Gasteiger partial charge in [0.2, 0.25) is 0 Å². The molecule has 0 saturated heterocycles. The highest BCUT2D eigenvalue weighted by Gasteiger charge is 2.33. The number of aldehydes is 1. The number of allylic oxidation sites excluding steroid dienone is 2. The van der Waals surface area contributed by atoms with Crippen LogP contribution in [0.3, 0.4) is 0 Å². The summed E-state index contributed by atoms with van der Waals surface area (Å²) < 4.78 is 22.4. The lowest BCUT2D eigenvalue weighted by molar-refractivity contribution is -0.108.